The van der Waals surface area contributed by atoms with Gasteiger partial charge in [0.25, 0.3) is 0 Å². The Kier molecular flexibility index (Phi) is 8.92. The lowest BCUT2D eigenvalue weighted by Gasteiger charge is -2.37. The highest BCUT2D eigenvalue weighted by atomic mass is 35.5. The van der Waals surface area contributed by atoms with Gasteiger partial charge in [0.1, 0.15) is 29.9 Å². The molecule has 4 rings (SSSR count). The number of benzene rings is 2. The minimum Gasteiger partial charge on any atom is -0.382 e. The number of aliphatic hydroxyl groups is 1. The molecule has 0 bridgehead atoms. The van der Waals surface area contributed by atoms with Crippen molar-refractivity contribution in [3.8, 4) is 0 Å². The third-order valence-corrected chi connectivity index (χ3v) is 7.47. The summed E-state index contributed by atoms with van der Waals surface area (Å²) in [4.78, 5) is 3.89. The molecule has 0 saturated carbocycles. The van der Waals surface area contributed by atoms with E-state index in [1.807, 2.05) is 48.6 Å². The summed E-state index contributed by atoms with van der Waals surface area (Å²) in [5.74, 6) is -1.53. The molecule has 1 aliphatic rings. The minimum atomic E-state index is -1.68. The number of hydrogen-bond donors (Lipinski definition) is 1. The molecule has 36 heavy (non-hydrogen) atoms. The summed E-state index contributed by atoms with van der Waals surface area (Å²) >= 11 is 7.31. The van der Waals surface area contributed by atoms with Crippen molar-refractivity contribution in [2.75, 3.05) is 13.2 Å². The molecule has 0 spiro atoms. The average Bonchev–Trinajstić information content (AvgIpc) is 3.36. The molecule has 1 N–H and O–H groups in total. The first-order valence-corrected chi connectivity index (χ1v) is 12.6. The van der Waals surface area contributed by atoms with Gasteiger partial charge in [-0.1, -0.05) is 55.0 Å². The van der Waals surface area contributed by atoms with E-state index in [0.29, 0.717) is 18.2 Å². The van der Waals surface area contributed by atoms with Gasteiger partial charge < -0.3 is 14.6 Å². The van der Waals surface area contributed by atoms with Gasteiger partial charge >= 0.3 is 0 Å². The Morgan fingerprint density at radius 1 is 1.19 bits per heavy atom. The van der Waals surface area contributed by atoms with Crippen LogP contribution in [0.5, 0.6) is 0 Å². The Morgan fingerprint density at radius 2 is 1.94 bits per heavy atom. The predicted octanol–water partition coefficient (Wildman–Crippen LogP) is 5.23. The SMILES string of the molecule is C[C@@H](SC1COC(/C=C/C=C/c2ccc(Cl)cc2)OC1)[C@](O)(Cn1cncn1)c1ccc(F)cc1F. The normalized spacial score (nSPS) is 21.1. The van der Waals surface area contributed by atoms with Gasteiger partial charge in [-0.3, -0.25) is 0 Å². The topological polar surface area (TPSA) is 69.4 Å². The Bertz CT molecular complexity index is 1190. The van der Waals surface area contributed by atoms with Crippen LogP contribution >= 0.6 is 23.4 Å². The van der Waals surface area contributed by atoms with Crippen molar-refractivity contribution >= 4 is 29.4 Å². The van der Waals surface area contributed by atoms with E-state index in [-0.39, 0.29) is 17.4 Å². The van der Waals surface area contributed by atoms with Crippen LogP contribution in [0.25, 0.3) is 6.08 Å². The molecule has 0 amide bonds. The van der Waals surface area contributed by atoms with Gasteiger partial charge in [0.05, 0.1) is 25.0 Å². The summed E-state index contributed by atoms with van der Waals surface area (Å²) in [6.07, 6.45) is 9.78. The number of halogens is 3. The summed E-state index contributed by atoms with van der Waals surface area (Å²) in [5, 5.41) is 15.8. The zero-order valence-electron chi connectivity index (χ0n) is 19.5. The first-order chi connectivity index (χ1) is 17.3. The quantitative estimate of drug-likeness (QED) is 0.380. The molecule has 1 aliphatic heterocycles. The summed E-state index contributed by atoms with van der Waals surface area (Å²) in [5.41, 5.74) is -0.666. The van der Waals surface area contributed by atoms with E-state index in [1.54, 1.807) is 6.92 Å². The molecule has 0 radical (unpaired) electrons. The maximum atomic E-state index is 14.7. The fourth-order valence-corrected chi connectivity index (χ4v) is 5.27. The Hall–Kier alpha value is -2.56. The molecule has 1 aromatic heterocycles. The number of ether oxygens (including phenoxy) is 2. The first-order valence-electron chi connectivity index (χ1n) is 11.3. The Labute approximate surface area is 217 Å². The van der Waals surface area contributed by atoms with Crippen LogP contribution in [0.1, 0.15) is 18.1 Å². The molecular weight excluding hydrogens is 508 g/mol. The van der Waals surface area contributed by atoms with Gasteiger partial charge in [-0.05, 0) is 29.8 Å². The molecule has 190 valence electrons. The molecule has 6 nitrogen and oxygen atoms in total. The van der Waals surface area contributed by atoms with Crippen molar-refractivity contribution in [3.05, 3.63) is 101 Å². The van der Waals surface area contributed by atoms with Crippen LogP contribution in [0.4, 0.5) is 8.78 Å². The summed E-state index contributed by atoms with van der Waals surface area (Å²) in [7, 11) is 0. The molecule has 2 atom stereocenters. The van der Waals surface area contributed by atoms with Gasteiger partial charge in [-0.15, -0.1) is 11.8 Å². The summed E-state index contributed by atoms with van der Waals surface area (Å²) in [6, 6.07) is 10.7. The fourth-order valence-electron chi connectivity index (χ4n) is 3.82. The second-order valence-electron chi connectivity index (χ2n) is 8.37. The highest BCUT2D eigenvalue weighted by Gasteiger charge is 2.41. The largest absolute Gasteiger partial charge is 0.382 e. The van der Waals surface area contributed by atoms with E-state index >= 15 is 0 Å². The number of aromatic nitrogens is 3. The summed E-state index contributed by atoms with van der Waals surface area (Å²) in [6.45, 7) is 2.51. The third-order valence-electron chi connectivity index (χ3n) is 5.77. The van der Waals surface area contributed by atoms with Crippen molar-refractivity contribution in [1.29, 1.82) is 0 Å². The third kappa shape index (κ3) is 6.80. The Morgan fingerprint density at radius 3 is 2.61 bits per heavy atom. The van der Waals surface area contributed by atoms with Crippen LogP contribution in [0.2, 0.25) is 5.02 Å². The number of allylic oxidation sites excluding steroid dienone is 2. The maximum Gasteiger partial charge on any atom is 0.177 e. The standard InChI is InChI=1S/C26H26ClF2N3O3S/c1-18(26(33,15-32-17-30-16-31-32)23-11-10-21(28)12-24(23)29)36-22-13-34-25(35-14-22)5-3-2-4-19-6-8-20(27)9-7-19/h2-12,16-18,22,25,33H,13-15H2,1H3/b4-2+,5-3+/t18-,22?,25?,26-/m1/s1. The lowest BCUT2D eigenvalue weighted by atomic mass is 9.90. The van der Waals surface area contributed by atoms with Crippen LogP contribution in [0, 0.1) is 11.6 Å². The van der Waals surface area contributed by atoms with Crippen LogP contribution < -0.4 is 0 Å². The molecule has 0 unspecified atom stereocenters. The highest BCUT2D eigenvalue weighted by molar-refractivity contribution is 8.00. The van der Waals surface area contributed by atoms with Gasteiger partial charge in [0.2, 0.25) is 0 Å². The smallest absolute Gasteiger partial charge is 0.177 e. The lowest BCUT2D eigenvalue weighted by Crippen LogP contribution is -2.43. The van der Waals surface area contributed by atoms with Crippen molar-refractivity contribution in [1.82, 2.24) is 14.8 Å². The monoisotopic (exact) mass is 533 g/mol. The molecule has 2 heterocycles. The summed E-state index contributed by atoms with van der Waals surface area (Å²) < 4.78 is 41.3. The molecule has 1 fully saturated rings. The van der Waals surface area contributed by atoms with E-state index in [4.69, 9.17) is 21.1 Å². The lowest BCUT2D eigenvalue weighted by molar-refractivity contribution is -0.146. The molecule has 2 aromatic carbocycles. The van der Waals surface area contributed by atoms with E-state index in [2.05, 4.69) is 10.1 Å². The van der Waals surface area contributed by atoms with E-state index < -0.39 is 28.8 Å². The second-order valence-corrected chi connectivity index (χ2v) is 10.5. The molecule has 10 heteroatoms. The van der Waals surface area contributed by atoms with Gasteiger partial charge in [0.15, 0.2) is 6.29 Å². The number of thioether (sulfide) groups is 1. The molecule has 3 aromatic rings. The van der Waals surface area contributed by atoms with Gasteiger partial charge in [-0.25, -0.2) is 18.4 Å². The van der Waals surface area contributed by atoms with E-state index in [1.165, 1.54) is 35.2 Å². The zero-order valence-corrected chi connectivity index (χ0v) is 21.1. The van der Waals surface area contributed by atoms with Crippen molar-refractivity contribution in [2.24, 2.45) is 0 Å². The Balaban J connectivity index is 1.36. The average molecular weight is 534 g/mol. The van der Waals surface area contributed by atoms with Crippen molar-refractivity contribution < 1.29 is 23.4 Å². The number of rotatable bonds is 9. The van der Waals surface area contributed by atoms with Crippen LogP contribution in [0.3, 0.4) is 0 Å². The van der Waals surface area contributed by atoms with Gasteiger partial charge in [-0.2, -0.15) is 5.10 Å². The maximum absolute atomic E-state index is 14.7. The second kappa shape index (κ2) is 12.1. The number of hydrogen-bond acceptors (Lipinski definition) is 6. The van der Waals surface area contributed by atoms with Crippen molar-refractivity contribution in [2.45, 2.75) is 35.9 Å². The van der Waals surface area contributed by atoms with Crippen LogP contribution in [-0.2, 0) is 21.6 Å². The highest BCUT2D eigenvalue weighted by Crippen LogP contribution is 2.38. The van der Waals surface area contributed by atoms with E-state index in [9.17, 15) is 13.9 Å². The van der Waals surface area contributed by atoms with Gasteiger partial charge in [0, 0.05) is 21.9 Å². The van der Waals surface area contributed by atoms with Crippen molar-refractivity contribution in [3.63, 3.8) is 0 Å². The number of nitrogens with zero attached hydrogens (tertiary/aromatic N) is 3. The zero-order chi connectivity index (χ0) is 25.5. The predicted molar refractivity (Wildman–Crippen MR) is 136 cm³/mol. The molecule has 0 aliphatic carbocycles. The fraction of sp³-hybridized carbons (Fsp3) is 0.308. The van der Waals surface area contributed by atoms with Crippen LogP contribution in [0.15, 0.2) is 73.3 Å². The minimum absolute atomic E-state index is 0.00895. The van der Waals surface area contributed by atoms with E-state index in [0.717, 1.165) is 17.7 Å². The van der Waals surface area contributed by atoms with Crippen LogP contribution in [-0.4, -0.2) is 49.9 Å². The molecule has 1 saturated heterocycles. The molecular formula is C26H26ClF2N3O3S. The first kappa shape index (κ1) is 26.5.